The van der Waals surface area contributed by atoms with Crippen LogP contribution < -0.4 is 10.2 Å². The Kier molecular flexibility index (Phi) is 13.5. The molecule has 0 aliphatic rings. The summed E-state index contributed by atoms with van der Waals surface area (Å²) >= 11 is 0. The Morgan fingerprint density at radius 3 is 1.17 bits per heavy atom. The average Bonchev–Trinajstić information content (AvgIpc) is 2.69. The van der Waals surface area contributed by atoms with Gasteiger partial charge in [0.2, 0.25) is 0 Å². The predicted octanol–water partition coefficient (Wildman–Crippen LogP) is 3.53. The second kappa shape index (κ2) is 14.3. The molecule has 0 heterocycles. The molecule has 0 aliphatic carbocycles. The summed E-state index contributed by atoms with van der Waals surface area (Å²) < 4.78 is 0. The van der Waals surface area contributed by atoms with Crippen LogP contribution in [-0.2, 0) is 0 Å². The summed E-state index contributed by atoms with van der Waals surface area (Å²) in [4.78, 5) is 21.0. The smallest absolute Gasteiger partial charge is 0.545 e. The first kappa shape index (κ1) is 27.3. The first-order valence-electron chi connectivity index (χ1n) is 9.92. The summed E-state index contributed by atoms with van der Waals surface area (Å²) in [6.45, 7) is 8.59. The van der Waals surface area contributed by atoms with Crippen molar-refractivity contribution >= 4 is 39.2 Å². The molecule has 0 aliphatic heterocycles. The van der Waals surface area contributed by atoms with Crippen LogP contribution in [0.2, 0.25) is 0 Å². The predicted molar refractivity (Wildman–Crippen MR) is 114 cm³/mol. The second-order valence-corrected chi connectivity index (χ2v) is 7.20. The summed E-state index contributed by atoms with van der Waals surface area (Å²) in [7, 11) is 0. The first-order valence-corrected chi connectivity index (χ1v) is 9.92. The molecule has 0 amide bonds. The number of carboxylic acid groups (broad SMARTS) is 2. The van der Waals surface area contributed by atoms with E-state index in [0.29, 0.717) is 11.8 Å². The third-order valence-electron chi connectivity index (χ3n) is 4.87. The molecule has 0 spiro atoms. The van der Waals surface area contributed by atoms with E-state index in [9.17, 15) is 19.8 Å². The molecule has 2 atom stereocenters. The van der Waals surface area contributed by atoms with Gasteiger partial charge in [0.05, 0.1) is 11.9 Å². The minimum absolute atomic E-state index is 0. The first-order chi connectivity index (χ1) is 13.3. The molecule has 5 heteroatoms. The van der Waals surface area contributed by atoms with Crippen molar-refractivity contribution in [2.45, 2.75) is 65.2 Å². The summed E-state index contributed by atoms with van der Waals surface area (Å²) in [5.41, 5.74) is 2.88. The summed E-state index contributed by atoms with van der Waals surface area (Å²) in [5.74, 6) is -1.23. The molecule has 0 saturated heterocycles. The van der Waals surface area contributed by atoms with E-state index in [0.717, 1.165) is 25.7 Å². The largest absolute Gasteiger partial charge is 2.00 e. The van der Waals surface area contributed by atoms with Crippen LogP contribution >= 0.6 is 0 Å². The van der Waals surface area contributed by atoms with Gasteiger partial charge in [-0.3, -0.25) is 0 Å². The zero-order valence-electron chi connectivity index (χ0n) is 17.7. The van der Waals surface area contributed by atoms with Gasteiger partial charge < -0.3 is 19.8 Å². The topological polar surface area (TPSA) is 80.3 Å². The molecule has 0 N–H and O–H groups in total. The maximum absolute atomic E-state index is 10.5. The number of carbonyl (C=O) groups is 2. The standard InChI is InChI=1S/2C12H16O2.Pb/c2*1-3-4-9(2)10-5-7-11(8-6-10)12(13)14;/h2*5-9H,3-4H2,1-2H3,(H,13,14);/q;;+2/p-2. The van der Waals surface area contributed by atoms with Gasteiger partial charge >= 0.3 is 27.3 Å². The van der Waals surface area contributed by atoms with Gasteiger partial charge in [-0.2, -0.15) is 0 Å². The molecule has 0 aromatic heterocycles. The molecule has 4 nitrogen and oxygen atoms in total. The number of carbonyl (C=O) groups excluding carboxylic acids is 2. The second-order valence-electron chi connectivity index (χ2n) is 7.20. The van der Waals surface area contributed by atoms with E-state index >= 15 is 0 Å². The molecule has 0 bridgehead atoms. The maximum atomic E-state index is 10.5. The van der Waals surface area contributed by atoms with Crippen molar-refractivity contribution in [1.82, 2.24) is 0 Å². The van der Waals surface area contributed by atoms with Crippen molar-refractivity contribution in [3.05, 3.63) is 70.8 Å². The quantitative estimate of drug-likeness (QED) is 0.442. The van der Waals surface area contributed by atoms with E-state index in [2.05, 4.69) is 27.7 Å². The molecule has 2 aromatic rings. The van der Waals surface area contributed by atoms with E-state index in [1.165, 1.54) is 11.1 Å². The van der Waals surface area contributed by atoms with Crippen LogP contribution in [0.4, 0.5) is 0 Å². The van der Waals surface area contributed by atoms with E-state index in [1.54, 1.807) is 24.3 Å². The Morgan fingerprint density at radius 2 is 0.966 bits per heavy atom. The number of hydrogen-bond acceptors (Lipinski definition) is 4. The molecular weight excluding hydrogens is 559 g/mol. The van der Waals surface area contributed by atoms with Crippen LogP contribution in [0, 0.1) is 0 Å². The third kappa shape index (κ3) is 9.56. The number of benzene rings is 2. The van der Waals surface area contributed by atoms with Crippen molar-refractivity contribution in [3.63, 3.8) is 0 Å². The van der Waals surface area contributed by atoms with E-state index < -0.39 is 11.9 Å². The minimum Gasteiger partial charge on any atom is -0.545 e. The Bertz CT molecular complexity index is 673. The van der Waals surface area contributed by atoms with Gasteiger partial charge in [0.25, 0.3) is 0 Å². The summed E-state index contributed by atoms with van der Waals surface area (Å²) in [6, 6.07) is 13.9. The monoisotopic (exact) mass is 590 g/mol. The SMILES string of the molecule is CCCC(C)c1ccc(C(=O)[O-])cc1.CCCC(C)c1ccc(C(=O)[O-])cc1.[Pb+2]. The van der Waals surface area contributed by atoms with Crippen molar-refractivity contribution in [3.8, 4) is 0 Å². The number of aromatic carboxylic acids is 2. The molecule has 0 saturated carbocycles. The number of carboxylic acids is 2. The molecule has 2 unspecified atom stereocenters. The van der Waals surface area contributed by atoms with Crippen LogP contribution in [0.3, 0.4) is 0 Å². The Morgan fingerprint density at radius 1 is 0.690 bits per heavy atom. The zero-order chi connectivity index (χ0) is 21.1. The van der Waals surface area contributed by atoms with Gasteiger partial charge in [0.1, 0.15) is 0 Å². The maximum Gasteiger partial charge on any atom is 2.00 e. The number of rotatable bonds is 8. The fourth-order valence-corrected chi connectivity index (χ4v) is 3.09. The minimum atomic E-state index is -1.11. The molecule has 154 valence electrons. The Labute approximate surface area is 194 Å². The molecule has 2 rings (SSSR count). The van der Waals surface area contributed by atoms with E-state index in [4.69, 9.17) is 0 Å². The number of hydrogen-bond donors (Lipinski definition) is 0. The van der Waals surface area contributed by atoms with Gasteiger partial charge in [-0.1, -0.05) is 89.1 Å². The van der Waals surface area contributed by atoms with E-state index in [-0.39, 0.29) is 38.4 Å². The van der Waals surface area contributed by atoms with Gasteiger partial charge in [-0.15, -0.1) is 0 Å². The van der Waals surface area contributed by atoms with Crippen LogP contribution in [0.25, 0.3) is 0 Å². The zero-order valence-corrected chi connectivity index (χ0v) is 21.6. The van der Waals surface area contributed by atoms with Gasteiger partial charge in [-0.05, 0) is 46.9 Å². The van der Waals surface area contributed by atoms with Crippen LogP contribution in [0.1, 0.15) is 97.1 Å². The molecule has 29 heavy (non-hydrogen) atoms. The fourth-order valence-electron chi connectivity index (χ4n) is 3.09. The summed E-state index contributed by atoms with van der Waals surface area (Å²) in [6.07, 6.45) is 4.54. The van der Waals surface area contributed by atoms with Crippen molar-refractivity contribution < 1.29 is 19.8 Å². The fraction of sp³-hybridized carbons (Fsp3) is 0.417. The Hall–Kier alpha value is -1.70. The molecular formula is C24H30O4Pb. The molecule has 2 radical (unpaired) electrons. The van der Waals surface area contributed by atoms with Gasteiger partial charge in [0, 0.05) is 0 Å². The van der Waals surface area contributed by atoms with Crippen molar-refractivity contribution in [1.29, 1.82) is 0 Å². The van der Waals surface area contributed by atoms with Crippen molar-refractivity contribution in [2.24, 2.45) is 0 Å². The average molecular weight is 590 g/mol. The van der Waals surface area contributed by atoms with Gasteiger partial charge in [-0.25, -0.2) is 0 Å². The van der Waals surface area contributed by atoms with Crippen LogP contribution in [0.5, 0.6) is 0 Å². The Balaban J connectivity index is 0.000000523. The normalized spacial score (nSPS) is 12.0. The summed E-state index contributed by atoms with van der Waals surface area (Å²) in [5, 5.41) is 21.0. The van der Waals surface area contributed by atoms with Crippen LogP contribution in [0.15, 0.2) is 48.5 Å². The molecule has 0 fully saturated rings. The van der Waals surface area contributed by atoms with E-state index in [1.807, 2.05) is 24.3 Å². The molecule has 2 aromatic carbocycles. The van der Waals surface area contributed by atoms with Gasteiger partial charge in [0.15, 0.2) is 0 Å². The van der Waals surface area contributed by atoms with Crippen LogP contribution in [-0.4, -0.2) is 39.2 Å². The third-order valence-corrected chi connectivity index (χ3v) is 4.87. The van der Waals surface area contributed by atoms with Crippen molar-refractivity contribution in [2.75, 3.05) is 0 Å².